The number of carbonyl (C=O) groups excluding carboxylic acids is 1. The number of benzene rings is 1. The minimum Gasteiger partial charge on any atom is -0.461 e. The van der Waals surface area contributed by atoms with Crippen molar-refractivity contribution in [3.63, 3.8) is 0 Å². The maximum absolute atomic E-state index is 13.0. The average molecular weight is 353 g/mol. The van der Waals surface area contributed by atoms with Gasteiger partial charge in [-0.3, -0.25) is 4.79 Å². The van der Waals surface area contributed by atoms with E-state index < -0.39 is 5.91 Å². The van der Waals surface area contributed by atoms with Crippen LogP contribution in [0.25, 0.3) is 22.8 Å². The second-order valence-electron chi connectivity index (χ2n) is 5.43. The quantitative estimate of drug-likeness (QED) is 0.588. The molecule has 8 heteroatoms. The summed E-state index contributed by atoms with van der Waals surface area (Å²) in [7, 11) is 0. The summed E-state index contributed by atoms with van der Waals surface area (Å²) in [6.07, 6.45) is 1.50. The summed E-state index contributed by atoms with van der Waals surface area (Å²) in [5.74, 6) is 0.577. The summed E-state index contributed by atoms with van der Waals surface area (Å²) in [5, 5.41) is 10.3. The summed E-state index contributed by atoms with van der Waals surface area (Å²) < 4.78 is 28.4. The van der Waals surface area contributed by atoms with Gasteiger partial charge in [-0.2, -0.15) is 0 Å². The van der Waals surface area contributed by atoms with Crippen LogP contribution in [0.3, 0.4) is 0 Å². The zero-order valence-corrected chi connectivity index (χ0v) is 13.3. The number of furan rings is 1. The first-order chi connectivity index (χ1) is 12.7. The average Bonchev–Trinajstić information content (AvgIpc) is 3.41. The number of hydrogen-bond acceptors (Lipinski definition) is 6. The van der Waals surface area contributed by atoms with Crippen LogP contribution in [-0.4, -0.2) is 16.2 Å². The van der Waals surface area contributed by atoms with Crippen LogP contribution in [0.1, 0.15) is 16.2 Å². The van der Waals surface area contributed by atoms with Crippen LogP contribution in [0.4, 0.5) is 4.39 Å². The molecule has 0 saturated carbocycles. The topological polar surface area (TPSA) is 94.3 Å². The Morgan fingerprint density at radius 1 is 1.00 bits per heavy atom. The molecule has 1 amide bonds. The van der Waals surface area contributed by atoms with Crippen LogP contribution in [0.15, 0.2) is 68.3 Å². The molecule has 1 aromatic carbocycles. The van der Waals surface area contributed by atoms with Crippen molar-refractivity contribution in [2.45, 2.75) is 6.54 Å². The van der Waals surface area contributed by atoms with Crippen molar-refractivity contribution in [3.8, 4) is 22.8 Å². The van der Waals surface area contributed by atoms with Crippen LogP contribution in [-0.2, 0) is 6.54 Å². The molecule has 4 rings (SSSR count). The largest absolute Gasteiger partial charge is 0.461 e. The molecule has 0 radical (unpaired) electrons. The fraction of sp³-hybridized carbons (Fsp3) is 0.0556. The predicted octanol–water partition coefficient (Wildman–Crippen LogP) is 3.66. The second-order valence-corrected chi connectivity index (χ2v) is 5.43. The van der Waals surface area contributed by atoms with Gasteiger partial charge in [-0.05, 0) is 36.4 Å². The smallest absolute Gasteiger partial charge is 0.273 e. The molecule has 0 aliphatic rings. The van der Waals surface area contributed by atoms with Crippen molar-refractivity contribution >= 4 is 5.91 Å². The molecule has 0 bridgehead atoms. The Kier molecular flexibility index (Phi) is 4.06. The van der Waals surface area contributed by atoms with Crippen molar-refractivity contribution in [1.29, 1.82) is 0 Å². The molecule has 3 aromatic heterocycles. The molecule has 3 heterocycles. The van der Waals surface area contributed by atoms with E-state index in [0.29, 0.717) is 28.5 Å². The molecule has 1 N–H and O–H groups in total. The fourth-order valence-corrected chi connectivity index (χ4v) is 2.32. The highest BCUT2D eigenvalue weighted by Gasteiger charge is 2.16. The Morgan fingerprint density at radius 3 is 2.58 bits per heavy atom. The van der Waals surface area contributed by atoms with Gasteiger partial charge in [0.05, 0.1) is 12.8 Å². The maximum Gasteiger partial charge on any atom is 0.273 e. The van der Waals surface area contributed by atoms with E-state index in [0.717, 1.165) is 0 Å². The van der Waals surface area contributed by atoms with Gasteiger partial charge in [-0.25, -0.2) is 4.39 Å². The van der Waals surface area contributed by atoms with Gasteiger partial charge in [0.2, 0.25) is 5.76 Å². The minimum atomic E-state index is -0.419. The third kappa shape index (κ3) is 3.25. The molecule has 0 fully saturated rings. The van der Waals surface area contributed by atoms with E-state index in [2.05, 4.69) is 15.6 Å². The molecule has 130 valence electrons. The Labute approximate surface area is 146 Å². The number of carbonyl (C=O) groups is 1. The summed E-state index contributed by atoms with van der Waals surface area (Å²) in [5.41, 5.74) is 1.34. The van der Waals surface area contributed by atoms with Gasteiger partial charge < -0.3 is 18.8 Å². The molecule has 26 heavy (non-hydrogen) atoms. The van der Waals surface area contributed by atoms with Gasteiger partial charge in [0, 0.05) is 17.7 Å². The van der Waals surface area contributed by atoms with Crippen LogP contribution >= 0.6 is 0 Å². The molecule has 0 unspecified atom stereocenters. The first-order valence-electron chi connectivity index (χ1n) is 7.69. The van der Waals surface area contributed by atoms with E-state index in [1.165, 1.54) is 24.5 Å². The zero-order valence-electron chi connectivity index (χ0n) is 13.3. The summed E-state index contributed by atoms with van der Waals surface area (Å²) >= 11 is 0. The first-order valence-corrected chi connectivity index (χ1v) is 7.69. The Morgan fingerprint density at radius 2 is 1.81 bits per heavy atom. The standard InChI is InChI=1S/C18H12FN3O4/c19-12-5-3-11(4-6-12)16-8-13(21-25-16)10-20-18(23)14-9-17(26-22-14)15-2-1-7-24-15/h1-9H,10H2,(H,20,23). The first kappa shape index (κ1) is 15.8. The molecule has 0 saturated heterocycles. The van der Waals surface area contributed by atoms with Gasteiger partial charge in [0.15, 0.2) is 17.2 Å². The van der Waals surface area contributed by atoms with Gasteiger partial charge in [-0.1, -0.05) is 10.3 Å². The van der Waals surface area contributed by atoms with Gasteiger partial charge in [0.1, 0.15) is 11.5 Å². The highest BCUT2D eigenvalue weighted by molar-refractivity contribution is 5.92. The Bertz CT molecular complexity index is 1020. The number of nitrogens with zero attached hydrogens (tertiary/aromatic N) is 2. The predicted molar refractivity (Wildman–Crippen MR) is 87.3 cm³/mol. The lowest BCUT2D eigenvalue weighted by Crippen LogP contribution is -2.23. The summed E-state index contributed by atoms with van der Waals surface area (Å²) in [6.45, 7) is 0.145. The van der Waals surface area contributed by atoms with E-state index in [9.17, 15) is 9.18 Å². The van der Waals surface area contributed by atoms with Crippen molar-refractivity contribution in [1.82, 2.24) is 15.6 Å². The SMILES string of the molecule is O=C(NCc1cc(-c2ccc(F)cc2)on1)c1cc(-c2ccco2)on1. The number of halogens is 1. The Hall–Kier alpha value is -3.68. The van der Waals surface area contributed by atoms with Crippen LogP contribution < -0.4 is 5.32 Å². The molecule has 7 nitrogen and oxygen atoms in total. The van der Waals surface area contributed by atoms with Crippen molar-refractivity contribution in [2.24, 2.45) is 0 Å². The number of rotatable bonds is 5. The van der Waals surface area contributed by atoms with Gasteiger partial charge >= 0.3 is 0 Å². The van der Waals surface area contributed by atoms with Crippen LogP contribution in [0.5, 0.6) is 0 Å². The number of hydrogen-bond donors (Lipinski definition) is 1. The van der Waals surface area contributed by atoms with E-state index in [4.69, 9.17) is 13.5 Å². The van der Waals surface area contributed by atoms with Crippen molar-refractivity contribution in [2.75, 3.05) is 0 Å². The molecular weight excluding hydrogens is 341 g/mol. The molecule has 4 aromatic rings. The third-order valence-corrected chi connectivity index (χ3v) is 3.62. The van der Waals surface area contributed by atoms with Gasteiger partial charge in [0.25, 0.3) is 5.91 Å². The summed E-state index contributed by atoms with van der Waals surface area (Å²) in [4.78, 5) is 12.2. The monoisotopic (exact) mass is 353 g/mol. The summed E-state index contributed by atoms with van der Waals surface area (Å²) in [6, 6.07) is 12.4. The fourth-order valence-electron chi connectivity index (χ4n) is 2.32. The Balaban J connectivity index is 1.40. The van der Waals surface area contributed by atoms with E-state index in [1.54, 1.807) is 30.3 Å². The van der Waals surface area contributed by atoms with E-state index in [-0.39, 0.29) is 18.1 Å². The van der Waals surface area contributed by atoms with E-state index >= 15 is 0 Å². The van der Waals surface area contributed by atoms with E-state index in [1.807, 2.05) is 0 Å². The van der Waals surface area contributed by atoms with Crippen molar-refractivity contribution in [3.05, 3.63) is 72.0 Å². The third-order valence-electron chi connectivity index (χ3n) is 3.62. The number of nitrogens with one attached hydrogen (secondary N) is 1. The lowest BCUT2D eigenvalue weighted by atomic mass is 10.1. The highest BCUT2D eigenvalue weighted by atomic mass is 19.1. The van der Waals surface area contributed by atoms with Crippen molar-refractivity contribution < 1.29 is 22.6 Å². The zero-order chi connectivity index (χ0) is 17.9. The number of aromatic nitrogens is 2. The van der Waals surface area contributed by atoms with Crippen LogP contribution in [0, 0.1) is 5.82 Å². The van der Waals surface area contributed by atoms with Gasteiger partial charge in [-0.15, -0.1) is 0 Å². The molecular formula is C18H12FN3O4. The second kappa shape index (κ2) is 6.67. The maximum atomic E-state index is 13.0. The molecule has 0 spiro atoms. The minimum absolute atomic E-state index is 0.124. The molecule has 0 aliphatic carbocycles. The lowest BCUT2D eigenvalue weighted by molar-refractivity contribution is 0.0941. The number of amides is 1. The highest BCUT2D eigenvalue weighted by Crippen LogP contribution is 2.22. The lowest BCUT2D eigenvalue weighted by Gasteiger charge is -1.98. The molecule has 0 atom stereocenters. The molecule has 0 aliphatic heterocycles. The normalized spacial score (nSPS) is 10.8. The van der Waals surface area contributed by atoms with Crippen LogP contribution in [0.2, 0.25) is 0 Å².